The van der Waals surface area contributed by atoms with Crippen molar-refractivity contribution in [2.24, 2.45) is 11.7 Å². The summed E-state index contributed by atoms with van der Waals surface area (Å²) >= 11 is 6.16. The van der Waals surface area contributed by atoms with E-state index in [1.54, 1.807) is 18.2 Å². The van der Waals surface area contributed by atoms with Crippen LogP contribution in [0.2, 0.25) is 5.02 Å². The minimum Gasteiger partial charge on any atom is -0.345 e. The molecule has 23 heavy (non-hydrogen) atoms. The molecular weight excluding hydrogens is 314 g/mol. The van der Waals surface area contributed by atoms with E-state index in [4.69, 9.17) is 17.3 Å². The number of carbonyl (C=O) groups excluding carboxylic acids is 2. The Bertz CT molecular complexity index is 596. The van der Waals surface area contributed by atoms with Crippen molar-refractivity contribution in [3.8, 4) is 0 Å². The van der Waals surface area contributed by atoms with Gasteiger partial charge in [0.1, 0.15) is 0 Å². The molecule has 6 heteroatoms. The summed E-state index contributed by atoms with van der Waals surface area (Å²) in [6.45, 7) is 4.04. The summed E-state index contributed by atoms with van der Waals surface area (Å²) in [7, 11) is 0. The molecular formula is C17H24ClN3O2. The third-order valence-corrected chi connectivity index (χ3v) is 4.66. The van der Waals surface area contributed by atoms with Crippen molar-refractivity contribution in [2.75, 3.05) is 11.9 Å². The summed E-state index contributed by atoms with van der Waals surface area (Å²) in [6, 6.07) is 4.92. The van der Waals surface area contributed by atoms with Crippen molar-refractivity contribution in [1.29, 1.82) is 0 Å². The molecule has 0 heterocycles. The summed E-state index contributed by atoms with van der Waals surface area (Å²) in [5.41, 5.74) is 6.44. The van der Waals surface area contributed by atoms with Crippen LogP contribution in [0.25, 0.3) is 0 Å². The standard InChI is InChI=1S/C17H24ClN3O2/c1-11(2)15(22)20-12-5-6-14(18)13(9-12)16(23)21-17(10-19)7-3-4-8-17/h5-6,9,11H,3-4,7-8,10,19H2,1-2H3,(H,20,22)(H,21,23). The minimum atomic E-state index is -0.336. The van der Waals surface area contributed by atoms with Gasteiger partial charge in [-0.2, -0.15) is 0 Å². The van der Waals surface area contributed by atoms with Gasteiger partial charge >= 0.3 is 0 Å². The first-order chi connectivity index (χ1) is 10.9. The quantitative estimate of drug-likeness (QED) is 0.772. The molecule has 1 aromatic carbocycles. The van der Waals surface area contributed by atoms with Gasteiger partial charge in [-0.3, -0.25) is 9.59 Å². The lowest BCUT2D eigenvalue weighted by Gasteiger charge is -2.29. The van der Waals surface area contributed by atoms with Gasteiger partial charge in [-0.25, -0.2) is 0 Å². The number of amides is 2. The normalized spacial score (nSPS) is 16.4. The van der Waals surface area contributed by atoms with Gasteiger partial charge in [-0.1, -0.05) is 38.3 Å². The van der Waals surface area contributed by atoms with Crippen LogP contribution in [0.5, 0.6) is 0 Å². The molecule has 0 aliphatic heterocycles. The van der Waals surface area contributed by atoms with Crippen LogP contribution in [0.4, 0.5) is 5.69 Å². The van der Waals surface area contributed by atoms with E-state index in [9.17, 15) is 9.59 Å². The molecule has 5 nitrogen and oxygen atoms in total. The lowest BCUT2D eigenvalue weighted by Crippen LogP contribution is -2.51. The highest BCUT2D eigenvalue weighted by atomic mass is 35.5. The van der Waals surface area contributed by atoms with Gasteiger partial charge in [0.25, 0.3) is 5.91 Å². The summed E-state index contributed by atoms with van der Waals surface area (Å²) in [5.74, 6) is -0.488. The second-order valence-corrected chi connectivity index (χ2v) is 6.89. The van der Waals surface area contributed by atoms with Gasteiger partial charge in [0.05, 0.1) is 16.1 Å². The molecule has 0 spiro atoms. The van der Waals surface area contributed by atoms with Crippen molar-refractivity contribution in [1.82, 2.24) is 5.32 Å². The lowest BCUT2D eigenvalue weighted by atomic mass is 9.97. The Morgan fingerprint density at radius 2 is 1.96 bits per heavy atom. The van der Waals surface area contributed by atoms with E-state index in [1.807, 2.05) is 13.8 Å². The topological polar surface area (TPSA) is 84.2 Å². The number of hydrogen-bond donors (Lipinski definition) is 3. The molecule has 0 radical (unpaired) electrons. The fraction of sp³-hybridized carbons (Fsp3) is 0.529. The van der Waals surface area contributed by atoms with Gasteiger partial charge in [0.2, 0.25) is 5.91 Å². The smallest absolute Gasteiger partial charge is 0.253 e. The van der Waals surface area contributed by atoms with Crippen LogP contribution in [0.1, 0.15) is 49.9 Å². The minimum absolute atomic E-state index is 0.104. The molecule has 0 unspecified atom stereocenters. The van der Waals surface area contributed by atoms with E-state index in [1.165, 1.54) is 0 Å². The average molecular weight is 338 g/mol. The number of nitrogens with two attached hydrogens (primary N) is 1. The Hall–Kier alpha value is -1.59. The monoisotopic (exact) mass is 337 g/mol. The Kier molecular flexibility index (Phi) is 5.65. The maximum absolute atomic E-state index is 12.6. The van der Waals surface area contributed by atoms with Crippen LogP contribution in [-0.4, -0.2) is 23.9 Å². The highest BCUT2D eigenvalue weighted by molar-refractivity contribution is 6.34. The number of rotatable bonds is 5. The highest BCUT2D eigenvalue weighted by Crippen LogP contribution is 2.30. The zero-order valence-corrected chi connectivity index (χ0v) is 14.4. The molecule has 1 aliphatic carbocycles. The molecule has 0 atom stereocenters. The first-order valence-corrected chi connectivity index (χ1v) is 8.38. The molecule has 1 aromatic rings. The summed E-state index contributed by atoms with van der Waals surface area (Å²) in [5, 5.41) is 6.18. The van der Waals surface area contributed by atoms with E-state index in [0.717, 1.165) is 25.7 Å². The van der Waals surface area contributed by atoms with Crippen LogP contribution in [0.3, 0.4) is 0 Å². The van der Waals surface area contributed by atoms with Crippen molar-refractivity contribution in [3.05, 3.63) is 28.8 Å². The fourth-order valence-electron chi connectivity index (χ4n) is 2.80. The van der Waals surface area contributed by atoms with Crippen LogP contribution in [-0.2, 0) is 4.79 Å². The lowest BCUT2D eigenvalue weighted by molar-refractivity contribution is -0.118. The van der Waals surface area contributed by atoms with Gasteiger partial charge < -0.3 is 16.4 Å². The number of nitrogens with one attached hydrogen (secondary N) is 2. The average Bonchev–Trinajstić information content (AvgIpc) is 2.98. The van der Waals surface area contributed by atoms with Crippen molar-refractivity contribution in [2.45, 2.75) is 45.1 Å². The van der Waals surface area contributed by atoms with E-state index in [2.05, 4.69) is 10.6 Å². The number of anilines is 1. The Balaban J connectivity index is 2.17. The molecule has 2 amide bonds. The zero-order valence-electron chi connectivity index (χ0n) is 13.6. The maximum Gasteiger partial charge on any atom is 0.253 e. The zero-order chi connectivity index (χ0) is 17.0. The molecule has 126 valence electrons. The third-order valence-electron chi connectivity index (χ3n) is 4.33. The highest BCUT2D eigenvalue weighted by Gasteiger charge is 2.34. The number of carbonyl (C=O) groups is 2. The van der Waals surface area contributed by atoms with Crippen molar-refractivity contribution < 1.29 is 9.59 Å². The first-order valence-electron chi connectivity index (χ1n) is 8.00. The van der Waals surface area contributed by atoms with Crippen molar-refractivity contribution >= 4 is 29.1 Å². The Morgan fingerprint density at radius 3 is 2.52 bits per heavy atom. The number of hydrogen-bond acceptors (Lipinski definition) is 3. The second kappa shape index (κ2) is 7.32. The molecule has 1 aliphatic rings. The fourth-order valence-corrected chi connectivity index (χ4v) is 3.01. The molecule has 0 aromatic heterocycles. The van der Waals surface area contributed by atoms with Crippen LogP contribution >= 0.6 is 11.6 Å². The molecule has 1 fully saturated rings. The molecule has 0 bridgehead atoms. The van der Waals surface area contributed by atoms with Crippen LogP contribution in [0.15, 0.2) is 18.2 Å². The second-order valence-electron chi connectivity index (χ2n) is 6.48. The predicted molar refractivity (Wildman–Crippen MR) is 92.6 cm³/mol. The number of benzene rings is 1. The van der Waals surface area contributed by atoms with Gasteiger partial charge in [-0.05, 0) is 31.0 Å². The van der Waals surface area contributed by atoms with E-state index < -0.39 is 0 Å². The van der Waals surface area contributed by atoms with Gasteiger partial charge in [0.15, 0.2) is 0 Å². The van der Waals surface area contributed by atoms with Crippen LogP contribution in [0, 0.1) is 5.92 Å². The van der Waals surface area contributed by atoms with E-state index in [-0.39, 0.29) is 23.3 Å². The third kappa shape index (κ3) is 4.24. The van der Waals surface area contributed by atoms with Gasteiger partial charge in [-0.15, -0.1) is 0 Å². The molecule has 1 saturated carbocycles. The van der Waals surface area contributed by atoms with Gasteiger partial charge in [0, 0.05) is 18.2 Å². The predicted octanol–water partition coefficient (Wildman–Crippen LogP) is 2.94. The molecule has 2 rings (SSSR count). The van der Waals surface area contributed by atoms with Crippen molar-refractivity contribution in [3.63, 3.8) is 0 Å². The Morgan fingerprint density at radius 1 is 1.30 bits per heavy atom. The Labute approximate surface area is 142 Å². The summed E-state index contributed by atoms with van der Waals surface area (Å²) in [4.78, 5) is 24.4. The SMILES string of the molecule is CC(C)C(=O)Nc1ccc(Cl)c(C(=O)NC2(CN)CCCC2)c1. The largest absolute Gasteiger partial charge is 0.345 e. The molecule has 0 saturated heterocycles. The summed E-state index contributed by atoms with van der Waals surface area (Å²) < 4.78 is 0. The van der Waals surface area contributed by atoms with E-state index in [0.29, 0.717) is 22.8 Å². The first kappa shape index (κ1) is 17.8. The summed E-state index contributed by atoms with van der Waals surface area (Å²) in [6.07, 6.45) is 3.90. The molecule has 4 N–H and O–H groups in total. The number of halogens is 1. The van der Waals surface area contributed by atoms with Crippen LogP contribution < -0.4 is 16.4 Å². The maximum atomic E-state index is 12.6. The van der Waals surface area contributed by atoms with E-state index >= 15 is 0 Å².